The molecule has 1 N–H and O–H groups in total. The van der Waals surface area contributed by atoms with Crippen molar-refractivity contribution in [1.29, 1.82) is 0 Å². The lowest BCUT2D eigenvalue weighted by molar-refractivity contribution is -0.115. The van der Waals surface area contributed by atoms with Crippen LogP contribution in [-0.4, -0.2) is 30.8 Å². The summed E-state index contributed by atoms with van der Waals surface area (Å²) in [5.74, 6) is 0.187. The summed E-state index contributed by atoms with van der Waals surface area (Å²) < 4.78 is 22.7. The van der Waals surface area contributed by atoms with Crippen molar-refractivity contribution in [2.75, 3.05) is 11.6 Å². The van der Waals surface area contributed by atoms with E-state index in [1.165, 1.54) is 23.1 Å². The van der Waals surface area contributed by atoms with Gasteiger partial charge in [-0.05, 0) is 32.1 Å². The van der Waals surface area contributed by atoms with E-state index in [0.717, 1.165) is 37.6 Å². The molecule has 1 aromatic rings. The van der Waals surface area contributed by atoms with Crippen LogP contribution >= 0.6 is 11.3 Å². The van der Waals surface area contributed by atoms with Gasteiger partial charge in [0.25, 0.3) is 0 Å². The number of sulfone groups is 1. The molecule has 1 amide bonds. The van der Waals surface area contributed by atoms with Crippen molar-refractivity contribution in [2.24, 2.45) is 5.92 Å². The minimum Gasteiger partial charge on any atom is -0.301 e. The van der Waals surface area contributed by atoms with Crippen LogP contribution in [0.2, 0.25) is 0 Å². The quantitative estimate of drug-likeness (QED) is 0.922. The zero-order valence-corrected chi connectivity index (χ0v) is 13.6. The number of nitrogens with zero attached hydrogens (tertiary/aromatic N) is 1. The average Bonchev–Trinajstić information content (AvgIpc) is 2.77. The van der Waals surface area contributed by atoms with E-state index in [-0.39, 0.29) is 0 Å². The van der Waals surface area contributed by atoms with Crippen LogP contribution in [0.25, 0.3) is 0 Å². The maximum absolute atomic E-state index is 11.9. The van der Waals surface area contributed by atoms with Gasteiger partial charge in [-0.1, -0.05) is 13.3 Å². The standard InChI is InChI=1S/C13H20N2O3S2/c1-4-9-5-6-10-11(7-9)19-13(14-10)15-12(16)8(2)20(3,17)18/h8-9H,4-7H2,1-3H3,(H,14,15,16)/t8-,9+/m0/s1. The SMILES string of the molecule is CC[C@@H]1CCc2nc(NC(=O)[C@H](C)S(C)(=O)=O)sc2C1. The molecule has 5 nitrogen and oxygen atoms in total. The third-order valence-corrected chi connectivity index (χ3v) is 6.39. The van der Waals surface area contributed by atoms with Gasteiger partial charge in [-0.2, -0.15) is 0 Å². The number of fused-ring (bicyclic) bond motifs is 1. The van der Waals surface area contributed by atoms with Gasteiger partial charge in [0.05, 0.1) is 5.69 Å². The second kappa shape index (κ2) is 5.81. The molecule has 0 aliphatic heterocycles. The van der Waals surface area contributed by atoms with Gasteiger partial charge in [-0.25, -0.2) is 13.4 Å². The molecule has 1 aliphatic rings. The van der Waals surface area contributed by atoms with E-state index >= 15 is 0 Å². The Kier molecular flexibility index (Phi) is 4.49. The molecule has 0 bridgehead atoms. The van der Waals surface area contributed by atoms with Crippen LogP contribution in [0, 0.1) is 5.92 Å². The number of hydrogen-bond donors (Lipinski definition) is 1. The first-order chi connectivity index (χ1) is 9.31. The van der Waals surface area contributed by atoms with Crippen molar-refractivity contribution in [3.05, 3.63) is 10.6 Å². The predicted octanol–water partition coefficient (Wildman–Crippen LogP) is 2.03. The first-order valence-electron chi connectivity index (χ1n) is 6.79. The third kappa shape index (κ3) is 3.38. The fraction of sp³-hybridized carbons (Fsp3) is 0.692. The number of amides is 1. The van der Waals surface area contributed by atoms with Crippen LogP contribution in [0.4, 0.5) is 5.13 Å². The zero-order valence-electron chi connectivity index (χ0n) is 12.0. The van der Waals surface area contributed by atoms with Gasteiger partial charge >= 0.3 is 0 Å². The lowest BCUT2D eigenvalue weighted by atomic mass is 9.89. The number of hydrogen-bond acceptors (Lipinski definition) is 5. The maximum atomic E-state index is 11.9. The first kappa shape index (κ1) is 15.4. The number of anilines is 1. The minimum absolute atomic E-state index is 0.509. The third-order valence-electron chi connectivity index (χ3n) is 3.86. The molecule has 1 aromatic heterocycles. The molecule has 0 saturated carbocycles. The summed E-state index contributed by atoms with van der Waals surface area (Å²) in [5.41, 5.74) is 1.06. The van der Waals surface area contributed by atoms with Crippen molar-refractivity contribution in [2.45, 2.75) is 44.8 Å². The molecule has 1 heterocycles. The van der Waals surface area contributed by atoms with Crippen molar-refractivity contribution in [1.82, 2.24) is 4.98 Å². The molecule has 112 valence electrons. The Morgan fingerprint density at radius 2 is 2.25 bits per heavy atom. The van der Waals surface area contributed by atoms with Crippen LogP contribution < -0.4 is 5.32 Å². The fourth-order valence-electron chi connectivity index (χ4n) is 2.25. The highest BCUT2D eigenvalue weighted by molar-refractivity contribution is 7.92. The van der Waals surface area contributed by atoms with Gasteiger partial charge in [0, 0.05) is 11.1 Å². The highest BCUT2D eigenvalue weighted by Crippen LogP contribution is 2.33. The normalized spacial score (nSPS) is 20.2. The van der Waals surface area contributed by atoms with Gasteiger partial charge in [0.15, 0.2) is 15.0 Å². The molecule has 20 heavy (non-hydrogen) atoms. The molecule has 2 rings (SSSR count). The van der Waals surface area contributed by atoms with Crippen LogP contribution in [0.5, 0.6) is 0 Å². The van der Waals surface area contributed by atoms with E-state index < -0.39 is 21.0 Å². The van der Waals surface area contributed by atoms with Gasteiger partial charge in [0.2, 0.25) is 5.91 Å². The first-order valence-corrected chi connectivity index (χ1v) is 9.56. The molecule has 0 unspecified atom stereocenters. The van der Waals surface area contributed by atoms with E-state index in [1.807, 2.05) is 0 Å². The zero-order chi connectivity index (χ0) is 14.9. The number of rotatable bonds is 4. The van der Waals surface area contributed by atoms with Gasteiger partial charge in [-0.15, -0.1) is 11.3 Å². The summed E-state index contributed by atoms with van der Waals surface area (Å²) in [5, 5.41) is 2.10. The summed E-state index contributed by atoms with van der Waals surface area (Å²) in [6.07, 6.45) is 5.32. The summed E-state index contributed by atoms with van der Waals surface area (Å²) in [6.45, 7) is 3.58. The molecule has 0 saturated heterocycles. The van der Waals surface area contributed by atoms with Crippen LogP contribution in [-0.2, 0) is 27.5 Å². The molecule has 2 atom stereocenters. The lowest BCUT2D eigenvalue weighted by Gasteiger charge is -2.18. The highest BCUT2D eigenvalue weighted by Gasteiger charge is 2.26. The Morgan fingerprint density at radius 3 is 2.85 bits per heavy atom. The molecule has 7 heteroatoms. The van der Waals surface area contributed by atoms with Gasteiger partial charge in [0.1, 0.15) is 5.25 Å². The minimum atomic E-state index is -3.37. The van der Waals surface area contributed by atoms with E-state index in [1.54, 1.807) is 0 Å². The summed E-state index contributed by atoms with van der Waals surface area (Å²) in [6, 6.07) is 0. The summed E-state index contributed by atoms with van der Waals surface area (Å²) >= 11 is 1.47. The molecule has 0 fully saturated rings. The van der Waals surface area contributed by atoms with Crippen molar-refractivity contribution in [3.63, 3.8) is 0 Å². The van der Waals surface area contributed by atoms with E-state index in [0.29, 0.717) is 11.0 Å². The Hall–Kier alpha value is -0.950. The molecule has 0 spiro atoms. The van der Waals surface area contributed by atoms with Gasteiger partial charge in [-0.3, -0.25) is 4.79 Å². The number of aromatic nitrogens is 1. The van der Waals surface area contributed by atoms with E-state index in [4.69, 9.17) is 0 Å². The highest BCUT2D eigenvalue weighted by atomic mass is 32.2. The molecular weight excluding hydrogens is 296 g/mol. The maximum Gasteiger partial charge on any atom is 0.244 e. The van der Waals surface area contributed by atoms with Crippen molar-refractivity contribution < 1.29 is 13.2 Å². The van der Waals surface area contributed by atoms with Crippen LogP contribution in [0.1, 0.15) is 37.3 Å². The Labute approximate surface area is 123 Å². The lowest BCUT2D eigenvalue weighted by Crippen LogP contribution is -2.31. The van der Waals surface area contributed by atoms with Crippen molar-refractivity contribution in [3.8, 4) is 0 Å². The van der Waals surface area contributed by atoms with Crippen LogP contribution in [0.3, 0.4) is 0 Å². The molecule has 0 aromatic carbocycles. The predicted molar refractivity (Wildman–Crippen MR) is 80.9 cm³/mol. The second-order valence-electron chi connectivity index (χ2n) is 5.37. The molecule has 1 aliphatic carbocycles. The van der Waals surface area contributed by atoms with E-state index in [9.17, 15) is 13.2 Å². The monoisotopic (exact) mass is 316 g/mol. The van der Waals surface area contributed by atoms with Crippen molar-refractivity contribution >= 4 is 32.2 Å². The van der Waals surface area contributed by atoms with E-state index in [2.05, 4.69) is 17.2 Å². The summed E-state index contributed by atoms with van der Waals surface area (Å²) in [7, 11) is -3.37. The van der Waals surface area contributed by atoms with Gasteiger partial charge < -0.3 is 5.32 Å². The smallest absolute Gasteiger partial charge is 0.244 e. The largest absolute Gasteiger partial charge is 0.301 e. The fourth-order valence-corrected chi connectivity index (χ4v) is 3.82. The summed E-state index contributed by atoms with van der Waals surface area (Å²) in [4.78, 5) is 17.5. The Balaban J connectivity index is 2.09. The number of carbonyl (C=O) groups is 1. The average molecular weight is 316 g/mol. The molecular formula is C13H20N2O3S2. The number of carbonyl (C=O) groups excluding carboxylic acids is 1. The number of thiazole rings is 1. The second-order valence-corrected chi connectivity index (χ2v) is 8.82. The van der Waals surface area contributed by atoms with Crippen LogP contribution in [0.15, 0.2) is 0 Å². The Morgan fingerprint density at radius 1 is 1.55 bits per heavy atom. The topological polar surface area (TPSA) is 76.1 Å². The Bertz CT molecular complexity index is 607. The molecule has 0 radical (unpaired) electrons. The number of aryl methyl sites for hydroxylation is 1. The number of nitrogens with one attached hydrogen (secondary N) is 1.